The molecule has 10 rings (SSSR count). The summed E-state index contributed by atoms with van der Waals surface area (Å²) in [6.07, 6.45) is 12.1. The molecule has 10 nitrogen and oxygen atoms in total. The summed E-state index contributed by atoms with van der Waals surface area (Å²) in [5.41, 5.74) is 11.9. The Hall–Kier alpha value is -4.64. The summed E-state index contributed by atoms with van der Waals surface area (Å²) in [5, 5.41) is 0. The first-order valence-electron chi connectivity index (χ1n) is 18.4. The fraction of sp³-hybridized carbons (Fsp3) is 0.429. The molecule has 3 aromatic rings. The average molecular weight is 703 g/mol. The molecule has 7 aliphatic rings. The molecule has 10 heteroatoms. The van der Waals surface area contributed by atoms with Crippen LogP contribution in [-0.4, -0.2) is 92.2 Å². The lowest BCUT2D eigenvalue weighted by atomic mass is 9.68. The molecule has 0 saturated heterocycles. The second kappa shape index (κ2) is 12.2. The summed E-state index contributed by atoms with van der Waals surface area (Å²) in [6, 6.07) is 15.1. The average Bonchev–Trinajstić information content (AvgIpc) is 3.67. The van der Waals surface area contributed by atoms with E-state index in [9.17, 15) is 9.59 Å². The summed E-state index contributed by atoms with van der Waals surface area (Å²) < 4.78 is 24.0. The van der Waals surface area contributed by atoms with E-state index < -0.39 is 0 Å². The van der Waals surface area contributed by atoms with Crippen LogP contribution < -0.4 is 24.7 Å². The number of hydrogen-bond donors (Lipinski definition) is 1. The molecule has 0 unspecified atom stereocenters. The Balaban J connectivity index is 0.000000149. The van der Waals surface area contributed by atoms with E-state index in [4.69, 9.17) is 24.7 Å². The number of ether oxygens (including phenoxy) is 4. The zero-order valence-electron chi connectivity index (χ0n) is 30.3. The Morgan fingerprint density at radius 3 is 1.73 bits per heavy atom. The van der Waals surface area contributed by atoms with Crippen LogP contribution in [-0.2, 0) is 23.9 Å². The van der Waals surface area contributed by atoms with Crippen molar-refractivity contribution < 1.29 is 28.5 Å². The van der Waals surface area contributed by atoms with Crippen LogP contribution in [0.2, 0.25) is 0 Å². The van der Waals surface area contributed by atoms with Crippen molar-refractivity contribution in [3.8, 4) is 23.0 Å². The Bertz CT molecular complexity index is 2010. The first-order chi connectivity index (χ1) is 25.2. The van der Waals surface area contributed by atoms with Crippen molar-refractivity contribution in [2.75, 3.05) is 41.4 Å². The summed E-state index contributed by atoms with van der Waals surface area (Å²) >= 11 is 0. The molecule has 270 valence electrons. The number of carbonyl (C=O) groups excluding carboxylic acids is 2. The van der Waals surface area contributed by atoms with Crippen molar-refractivity contribution in [2.45, 2.75) is 73.9 Å². The van der Waals surface area contributed by atoms with Gasteiger partial charge in [-0.25, -0.2) is 0 Å². The number of methoxy groups -OCH3 is 2. The number of rotatable bonds is 3. The van der Waals surface area contributed by atoms with E-state index in [1.54, 1.807) is 38.5 Å². The summed E-state index contributed by atoms with van der Waals surface area (Å²) in [6.45, 7) is 3.83. The summed E-state index contributed by atoms with van der Waals surface area (Å²) in [7, 11) is 7.69. The minimum absolute atomic E-state index is 0.0279. The maximum absolute atomic E-state index is 13.0. The van der Waals surface area contributed by atoms with Crippen LogP contribution in [0.4, 0.5) is 0 Å². The van der Waals surface area contributed by atoms with Gasteiger partial charge in [0.15, 0.2) is 23.0 Å². The standard InChI is InChI=1S/C25H24N2O4.C17H22N2O2/c1-26-12-11-25-10-9-16(27-23(28)17-5-3-4-6-18(17)24(27)29)13-20(25)31-22-19(30-2)8-7-15(14-26)21(22)25;1-19-8-7-17-6-5-12(18)9-14(17)21-16-13(20-2)4-3-11(10-19)15(16)17/h3-10,16,20H,11-14H2,1-2H3;3-6,12,14H,7-10,18H2,1-2H3/t16-,20+,25+;12-,14+,17+/m11/s1. The van der Waals surface area contributed by atoms with Gasteiger partial charge in [-0.2, -0.15) is 0 Å². The first kappa shape index (κ1) is 33.2. The number of nitrogens with two attached hydrogens (primary N) is 1. The van der Waals surface area contributed by atoms with Crippen molar-refractivity contribution in [1.82, 2.24) is 14.7 Å². The second-order valence-corrected chi connectivity index (χ2v) is 15.5. The minimum atomic E-state index is -0.326. The predicted molar refractivity (Wildman–Crippen MR) is 196 cm³/mol. The number of nitrogens with zero attached hydrogens (tertiary/aromatic N) is 3. The fourth-order valence-electron chi connectivity index (χ4n) is 9.90. The van der Waals surface area contributed by atoms with Gasteiger partial charge in [0.2, 0.25) is 0 Å². The SMILES string of the molecule is COc1ccc2c3c1O[C@H]1C[C@H](N)C=C[C@@]31CCN(C)C2.COc1ccc2c3c1O[C@H]1C[C@H](N4C(=O)c5ccccc5C4=O)C=C[C@@]31CCN(C)C2. The Morgan fingerprint density at radius 2 is 1.21 bits per heavy atom. The quantitative estimate of drug-likeness (QED) is 0.299. The Morgan fingerprint density at radius 1 is 0.712 bits per heavy atom. The van der Waals surface area contributed by atoms with Crippen LogP contribution in [0.25, 0.3) is 0 Å². The largest absolute Gasteiger partial charge is 0.493 e. The third-order valence-electron chi connectivity index (χ3n) is 12.5. The minimum Gasteiger partial charge on any atom is -0.493 e. The normalized spacial score (nSPS) is 30.8. The molecular formula is C42H46N4O6. The number of amides is 2. The number of imide groups is 1. The van der Waals surface area contributed by atoms with Crippen molar-refractivity contribution in [2.24, 2.45) is 5.73 Å². The predicted octanol–water partition coefficient (Wildman–Crippen LogP) is 4.97. The topological polar surface area (TPSA) is 107 Å². The van der Waals surface area contributed by atoms with Crippen LogP contribution in [0, 0.1) is 0 Å². The van der Waals surface area contributed by atoms with Crippen LogP contribution in [0.15, 0.2) is 72.8 Å². The number of fused-ring (bicyclic) bond motifs is 1. The monoisotopic (exact) mass is 702 g/mol. The van der Waals surface area contributed by atoms with Crippen molar-refractivity contribution in [3.05, 3.63) is 106 Å². The molecule has 0 bridgehead atoms. The number of benzene rings is 3. The van der Waals surface area contributed by atoms with Gasteiger partial charge in [0, 0.05) is 43.1 Å². The van der Waals surface area contributed by atoms with Crippen LogP contribution in [0.1, 0.15) is 68.7 Å². The first-order valence-corrected chi connectivity index (χ1v) is 18.4. The zero-order valence-corrected chi connectivity index (χ0v) is 30.3. The molecule has 2 N–H and O–H groups in total. The van der Waals surface area contributed by atoms with Gasteiger partial charge < -0.3 is 34.5 Å². The molecule has 3 aromatic carbocycles. The van der Waals surface area contributed by atoms with Crippen molar-refractivity contribution in [3.63, 3.8) is 0 Å². The van der Waals surface area contributed by atoms with Crippen LogP contribution >= 0.6 is 0 Å². The highest BCUT2D eigenvalue weighted by Gasteiger charge is 2.55. The summed E-state index contributed by atoms with van der Waals surface area (Å²) in [5.74, 6) is 2.89. The van der Waals surface area contributed by atoms with Gasteiger partial charge in [-0.3, -0.25) is 14.5 Å². The molecule has 0 aromatic heterocycles. The third kappa shape index (κ3) is 4.80. The molecule has 52 heavy (non-hydrogen) atoms. The molecule has 0 radical (unpaired) electrons. The van der Waals surface area contributed by atoms with E-state index in [1.807, 2.05) is 18.2 Å². The van der Waals surface area contributed by atoms with Gasteiger partial charge in [-0.05, 0) is 75.4 Å². The van der Waals surface area contributed by atoms with E-state index in [-0.39, 0.29) is 46.9 Å². The van der Waals surface area contributed by atoms with Gasteiger partial charge in [0.1, 0.15) is 12.2 Å². The zero-order chi connectivity index (χ0) is 35.9. The van der Waals surface area contributed by atoms with Gasteiger partial charge in [-0.15, -0.1) is 0 Å². The van der Waals surface area contributed by atoms with Crippen LogP contribution in [0.3, 0.4) is 0 Å². The lowest BCUT2D eigenvalue weighted by Gasteiger charge is -2.39. The highest BCUT2D eigenvalue weighted by molar-refractivity contribution is 6.21. The van der Waals surface area contributed by atoms with E-state index in [1.165, 1.54) is 27.2 Å². The van der Waals surface area contributed by atoms with E-state index in [0.29, 0.717) is 17.5 Å². The van der Waals surface area contributed by atoms with Gasteiger partial charge in [0.25, 0.3) is 11.8 Å². The second-order valence-electron chi connectivity index (χ2n) is 15.5. The highest BCUT2D eigenvalue weighted by atomic mass is 16.5. The number of hydrogen-bond acceptors (Lipinski definition) is 9. The molecular weight excluding hydrogens is 656 g/mol. The van der Waals surface area contributed by atoms with E-state index in [0.717, 1.165) is 68.4 Å². The van der Waals surface area contributed by atoms with Crippen molar-refractivity contribution in [1.29, 1.82) is 0 Å². The summed E-state index contributed by atoms with van der Waals surface area (Å²) in [4.78, 5) is 32.2. The molecule has 2 aliphatic carbocycles. The molecule has 2 amide bonds. The Kier molecular flexibility index (Phi) is 7.80. The van der Waals surface area contributed by atoms with Gasteiger partial charge >= 0.3 is 0 Å². The smallest absolute Gasteiger partial charge is 0.262 e. The molecule has 0 fully saturated rings. The lowest BCUT2D eigenvalue weighted by molar-refractivity contribution is 0.0531. The van der Waals surface area contributed by atoms with E-state index in [2.05, 4.69) is 54.3 Å². The molecule has 5 heterocycles. The lowest BCUT2D eigenvalue weighted by Crippen LogP contribution is -2.49. The highest BCUT2D eigenvalue weighted by Crippen LogP contribution is 2.57. The Labute approximate surface area is 304 Å². The molecule has 2 spiro atoms. The molecule has 0 saturated carbocycles. The maximum atomic E-state index is 13.0. The van der Waals surface area contributed by atoms with Gasteiger partial charge in [0.05, 0.1) is 42.2 Å². The van der Waals surface area contributed by atoms with Crippen LogP contribution in [0.5, 0.6) is 23.0 Å². The van der Waals surface area contributed by atoms with Crippen molar-refractivity contribution >= 4 is 11.8 Å². The third-order valence-corrected chi connectivity index (χ3v) is 12.5. The van der Waals surface area contributed by atoms with E-state index >= 15 is 0 Å². The maximum Gasteiger partial charge on any atom is 0.262 e. The molecule has 6 atom stereocenters. The fourth-order valence-corrected chi connectivity index (χ4v) is 9.90. The van der Waals surface area contributed by atoms with Gasteiger partial charge in [-0.1, -0.05) is 48.6 Å². The number of carbonyl (C=O) groups is 2. The molecule has 5 aliphatic heterocycles.